The van der Waals surface area contributed by atoms with Crippen molar-refractivity contribution in [3.05, 3.63) is 59.7 Å². The van der Waals surface area contributed by atoms with Crippen LogP contribution >= 0.6 is 0 Å². The zero-order chi connectivity index (χ0) is 19.4. The van der Waals surface area contributed by atoms with E-state index in [2.05, 4.69) is 5.10 Å². The molecule has 27 heavy (non-hydrogen) atoms. The van der Waals surface area contributed by atoms with Gasteiger partial charge in [-0.15, -0.1) is 0 Å². The normalized spacial score (nSPS) is 15.0. The van der Waals surface area contributed by atoms with Crippen LogP contribution in [0.25, 0.3) is 6.08 Å². The molecule has 1 heterocycles. The van der Waals surface area contributed by atoms with Crippen molar-refractivity contribution in [3.63, 3.8) is 0 Å². The summed E-state index contributed by atoms with van der Waals surface area (Å²) in [5, 5.41) is 15.1. The van der Waals surface area contributed by atoms with E-state index >= 15 is 0 Å². The van der Waals surface area contributed by atoms with Crippen molar-refractivity contribution in [3.8, 4) is 11.5 Å². The Morgan fingerprint density at radius 3 is 2.63 bits per heavy atom. The highest BCUT2D eigenvalue weighted by molar-refractivity contribution is 6.54. The number of benzene rings is 2. The van der Waals surface area contributed by atoms with Crippen LogP contribution in [0.3, 0.4) is 0 Å². The predicted molar refractivity (Wildman–Crippen MR) is 101 cm³/mol. The fraction of sp³-hybridized carbons (Fsp3) is 0.150. The number of phenols is 1. The summed E-state index contributed by atoms with van der Waals surface area (Å²) >= 11 is 0. The lowest BCUT2D eigenvalue weighted by Gasteiger charge is -2.11. The molecule has 1 aliphatic heterocycles. The molecule has 1 N–H and O–H groups in total. The zero-order valence-electron chi connectivity index (χ0n) is 14.9. The molecule has 0 aliphatic carbocycles. The van der Waals surface area contributed by atoms with Gasteiger partial charge in [-0.1, -0.05) is 24.3 Å². The Morgan fingerprint density at radius 1 is 1.22 bits per heavy atom. The van der Waals surface area contributed by atoms with Crippen molar-refractivity contribution >= 4 is 29.4 Å². The summed E-state index contributed by atoms with van der Waals surface area (Å²) in [6.45, 7) is 1.84. The molecule has 2 aromatic carbocycles. The predicted octanol–water partition coefficient (Wildman–Crippen LogP) is 2.75. The van der Waals surface area contributed by atoms with Crippen molar-refractivity contribution in [1.29, 1.82) is 0 Å². The van der Waals surface area contributed by atoms with E-state index in [0.717, 1.165) is 5.01 Å². The van der Waals surface area contributed by atoms with E-state index < -0.39 is 11.9 Å². The number of hydrogen-bond donors (Lipinski definition) is 1. The largest absolute Gasteiger partial charge is 0.504 e. The van der Waals surface area contributed by atoms with Gasteiger partial charge in [0.05, 0.1) is 25.0 Å². The highest BCUT2D eigenvalue weighted by atomic mass is 16.5. The molecule has 0 atom stereocenters. The molecule has 0 fully saturated rings. The maximum absolute atomic E-state index is 12.9. The zero-order valence-corrected chi connectivity index (χ0v) is 14.9. The number of methoxy groups -OCH3 is 1. The molecule has 3 rings (SSSR count). The third-order valence-corrected chi connectivity index (χ3v) is 3.86. The minimum Gasteiger partial charge on any atom is -0.504 e. The number of ether oxygens (including phenoxy) is 2. The quantitative estimate of drug-likeness (QED) is 0.649. The molecular formula is C20H18N2O5. The number of aromatic hydroxyl groups is 1. The monoisotopic (exact) mass is 366 g/mol. The molecule has 0 aromatic heterocycles. The first kappa shape index (κ1) is 18.2. The molecule has 138 valence electrons. The third-order valence-electron chi connectivity index (χ3n) is 3.86. The fourth-order valence-corrected chi connectivity index (χ4v) is 2.59. The summed E-state index contributed by atoms with van der Waals surface area (Å²) in [6, 6.07) is 13.4. The highest BCUT2D eigenvalue weighted by Crippen LogP contribution is 2.29. The SMILES string of the molecule is CCOC(=O)C1=NN(c2ccccc2)C(=O)/C1=C\c1ccc(O)c(OC)c1. The minimum absolute atomic E-state index is 0.0254. The summed E-state index contributed by atoms with van der Waals surface area (Å²) in [4.78, 5) is 25.2. The summed E-state index contributed by atoms with van der Waals surface area (Å²) in [5.74, 6) is -0.899. The molecule has 0 bridgehead atoms. The summed E-state index contributed by atoms with van der Waals surface area (Å²) in [5.41, 5.74) is 1.14. The standard InChI is InChI=1S/C20H18N2O5/c1-3-27-20(25)18-15(11-13-9-10-16(23)17(12-13)26-2)19(24)22(21-18)14-7-5-4-6-8-14/h4-12,23H,3H2,1-2H3/b15-11-. The Morgan fingerprint density at radius 2 is 1.96 bits per heavy atom. The maximum Gasteiger partial charge on any atom is 0.359 e. The maximum atomic E-state index is 12.9. The second-order valence-electron chi connectivity index (χ2n) is 5.61. The van der Waals surface area contributed by atoms with Crippen LogP contribution in [0.4, 0.5) is 5.69 Å². The van der Waals surface area contributed by atoms with E-state index in [1.165, 1.54) is 19.3 Å². The Hall–Kier alpha value is -3.61. The molecule has 0 spiro atoms. The molecule has 1 aliphatic rings. The lowest BCUT2D eigenvalue weighted by molar-refractivity contribution is -0.135. The molecule has 0 saturated carbocycles. The fourth-order valence-electron chi connectivity index (χ4n) is 2.59. The van der Waals surface area contributed by atoms with E-state index in [-0.39, 0.29) is 29.4 Å². The van der Waals surface area contributed by atoms with Gasteiger partial charge in [-0.05, 0) is 42.8 Å². The van der Waals surface area contributed by atoms with Gasteiger partial charge >= 0.3 is 5.97 Å². The smallest absolute Gasteiger partial charge is 0.359 e. The van der Waals surface area contributed by atoms with Crippen LogP contribution < -0.4 is 9.75 Å². The van der Waals surface area contributed by atoms with E-state index in [1.54, 1.807) is 43.3 Å². The number of phenolic OH excluding ortho intramolecular Hbond substituents is 1. The first-order valence-corrected chi connectivity index (χ1v) is 8.29. The van der Waals surface area contributed by atoms with Gasteiger partial charge in [0.15, 0.2) is 17.2 Å². The van der Waals surface area contributed by atoms with Gasteiger partial charge in [0.25, 0.3) is 5.91 Å². The average molecular weight is 366 g/mol. The van der Waals surface area contributed by atoms with Gasteiger partial charge in [0.2, 0.25) is 0 Å². The Labute approximate surface area is 156 Å². The number of esters is 1. The molecular weight excluding hydrogens is 348 g/mol. The van der Waals surface area contributed by atoms with Crippen LogP contribution in [-0.2, 0) is 14.3 Å². The van der Waals surface area contributed by atoms with Gasteiger partial charge in [-0.25, -0.2) is 4.79 Å². The number of rotatable bonds is 5. The van der Waals surface area contributed by atoms with E-state index in [9.17, 15) is 14.7 Å². The molecule has 7 nitrogen and oxygen atoms in total. The Bertz CT molecular complexity index is 935. The van der Waals surface area contributed by atoms with Crippen molar-refractivity contribution in [2.24, 2.45) is 5.10 Å². The van der Waals surface area contributed by atoms with E-state index in [0.29, 0.717) is 11.3 Å². The molecule has 0 saturated heterocycles. The molecule has 0 radical (unpaired) electrons. The molecule has 1 amide bonds. The third kappa shape index (κ3) is 3.67. The number of carbonyl (C=O) groups excluding carboxylic acids is 2. The summed E-state index contributed by atoms with van der Waals surface area (Å²) in [6.07, 6.45) is 1.52. The minimum atomic E-state index is -0.679. The van der Waals surface area contributed by atoms with Gasteiger partial charge in [-0.3, -0.25) is 4.79 Å². The van der Waals surface area contributed by atoms with Crippen LogP contribution in [0.5, 0.6) is 11.5 Å². The Kier molecular flexibility index (Phi) is 5.21. The van der Waals surface area contributed by atoms with Gasteiger partial charge in [0, 0.05) is 0 Å². The van der Waals surface area contributed by atoms with Crippen molar-refractivity contribution in [2.75, 3.05) is 18.7 Å². The van der Waals surface area contributed by atoms with E-state index in [1.807, 2.05) is 6.07 Å². The van der Waals surface area contributed by atoms with Crippen LogP contribution in [0, 0.1) is 0 Å². The molecule has 0 unspecified atom stereocenters. The second kappa shape index (κ2) is 7.74. The number of hydrogen-bond acceptors (Lipinski definition) is 6. The van der Waals surface area contributed by atoms with Crippen molar-refractivity contribution < 1.29 is 24.2 Å². The lowest BCUT2D eigenvalue weighted by atomic mass is 10.1. The Balaban J connectivity index is 2.05. The topological polar surface area (TPSA) is 88.4 Å². The average Bonchev–Trinajstić information content (AvgIpc) is 3.00. The van der Waals surface area contributed by atoms with E-state index in [4.69, 9.17) is 9.47 Å². The van der Waals surface area contributed by atoms with Crippen molar-refractivity contribution in [1.82, 2.24) is 0 Å². The van der Waals surface area contributed by atoms with Gasteiger partial charge < -0.3 is 14.6 Å². The van der Waals surface area contributed by atoms with Crippen LogP contribution in [0.2, 0.25) is 0 Å². The first-order chi connectivity index (χ1) is 13.0. The van der Waals surface area contributed by atoms with Crippen LogP contribution in [-0.4, -0.2) is 36.4 Å². The molecule has 7 heteroatoms. The lowest BCUT2D eigenvalue weighted by Crippen LogP contribution is -2.22. The second-order valence-corrected chi connectivity index (χ2v) is 5.61. The first-order valence-electron chi connectivity index (χ1n) is 8.29. The summed E-state index contributed by atoms with van der Waals surface area (Å²) < 4.78 is 10.1. The number of carbonyl (C=O) groups is 2. The summed E-state index contributed by atoms with van der Waals surface area (Å²) in [7, 11) is 1.43. The highest BCUT2D eigenvalue weighted by Gasteiger charge is 2.36. The number of amides is 1. The van der Waals surface area contributed by atoms with Crippen LogP contribution in [0.1, 0.15) is 12.5 Å². The number of nitrogens with zero attached hydrogens (tertiary/aromatic N) is 2. The van der Waals surface area contributed by atoms with Crippen LogP contribution in [0.15, 0.2) is 59.2 Å². The number of anilines is 1. The number of hydrazone groups is 1. The van der Waals surface area contributed by atoms with Crippen molar-refractivity contribution in [2.45, 2.75) is 6.92 Å². The van der Waals surface area contributed by atoms with Gasteiger partial charge in [0.1, 0.15) is 0 Å². The molecule has 2 aromatic rings. The van der Waals surface area contributed by atoms with Gasteiger partial charge in [-0.2, -0.15) is 10.1 Å². The number of para-hydroxylation sites is 1.